The lowest BCUT2D eigenvalue weighted by Gasteiger charge is -2.21. The van der Waals surface area contributed by atoms with Gasteiger partial charge in [-0.1, -0.05) is 47.0 Å². The molecule has 0 aromatic heterocycles. The molecule has 0 unspecified atom stereocenters. The third kappa shape index (κ3) is 6.28. The molecule has 0 heterocycles. The summed E-state index contributed by atoms with van der Waals surface area (Å²) >= 11 is 11.8. The summed E-state index contributed by atoms with van der Waals surface area (Å²) in [6, 6.07) is 14.2. The van der Waals surface area contributed by atoms with Crippen molar-refractivity contribution in [3.8, 4) is 6.07 Å². The van der Waals surface area contributed by atoms with Gasteiger partial charge in [-0.2, -0.15) is 5.26 Å². The summed E-state index contributed by atoms with van der Waals surface area (Å²) in [5.41, 5.74) is 2.35. The molecule has 0 atom stereocenters. The van der Waals surface area contributed by atoms with E-state index in [1.54, 1.807) is 30.3 Å². The van der Waals surface area contributed by atoms with E-state index in [1.807, 2.05) is 25.1 Å². The number of aryl methyl sites for hydroxylation is 1. The fourth-order valence-corrected chi connectivity index (χ4v) is 2.69. The lowest BCUT2D eigenvalue weighted by Crippen LogP contribution is -2.35. The molecule has 2 rings (SSSR count). The average molecular weight is 405 g/mol. The molecule has 27 heavy (non-hydrogen) atoms. The van der Waals surface area contributed by atoms with Crippen LogP contribution in [-0.2, 0) is 20.7 Å². The monoisotopic (exact) mass is 404 g/mol. The van der Waals surface area contributed by atoms with Crippen molar-refractivity contribution < 1.29 is 14.3 Å². The van der Waals surface area contributed by atoms with E-state index in [2.05, 4.69) is 0 Å². The highest BCUT2D eigenvalue weighted by molar-refractivity contribution is 6.42. The molecule has 0 spiro atoms. The van der Waals surface area contributed by atoms with Gasteiger partial charge in [0.15, 0.2) is 6.61 Å². The first kappa shape index (κ1) is 20.8. The Morgan fingerprint density at radius 3 is 2.44 bits per heavy atom. The van der Waals surface area contributed by atoms with Gasteiger partial charge < -0.3 is 9.64 Å². The number of anilines is 1. The summed E-state index contributed by atoms with van der Waals surface area (Å²) in [6.07, 6.45) is 0.156. The Bertz CT molecular complexity index is 861. The van der Waals surface area contributed by atoms with E-state index in [9.17, 15) is 9.59 Å². The molecule has 2 aromatic carbocycles. The first-order valence-corrected chi connectivity index (χ1v) is 9.00. The van der Waals surface area contributed by atoms with Gasteiger partial charge in [-0.05, 0) is 36.8 Å². The minimum atomic E-state index is -0.550. The Balaban J connectivity index is 1.97. The van der Waals surface area contributed by atoms with Crippen LogP contribution in [0.2, 0.25) is 10.0 Å². The molecule has 0 bridgehead atoms. The van der Waals surface area contributed by atoms with E-state index in [4.69, 9.17) is 33.2 Å². The lowest BCUT2D eigenvalue weighted by molar-refractivity contribution is -0.147. The predicted molar refractivity (Wildman–Crippen MR) is 105 cm³/mol. The van der Waals surface area contributed by atoms with Crippen molar-refractivity contribution in [1.82, 2.24) is 0 Å². The zero-order chi connectivity index (χ0) is 19.8. The van der Waals surface area contributed by atoms with Crippen molar-refractivity contribution in [2.75, 3.05) is 18.1 Å². The standard InChI is InChI=1S/C20H18Cl2N2O3/c1-14-3-6-16(7-4-14)24(10-2-9-23)19(25)13-27-20(26)12-15-5-8-17(21)18(22)11-15/h3-8,11H,2,10,12-13H2,1H3. The van der Waals surface area contributed by atoms with Crippen LogP contribution < -0.4 is 4.90 Å². The van der Waals surface area contributed by atoms with Gasteiger partial charge in [-0.25, -0.2) is 0 Å². The van der Waals surface area contributed by atoms with Gasteiger partial charge in [-0.3, -0.25) is 9.59 Å². The largest absolute Gasteiger partial charge is 0.455 e. The number of hydrogen-bond acceptors (Lipinski definition) is 4. The maximum Gasteiger partial charge on any atom is 0.310 e. The lowest BCUT2D eigenvalue weighted by atomic mass is 10.1. The molecule has 0 N–H and O–H groups in total. The molecule has 5 nitrogen and oxygen atoms in total. The van der Waals surface area contributed by atoms with Gasteiger partial charge in [0.2, 0.25) is 0 Å². The van der Waals surface area contributed by atoms with Crippen LogP contribution in [0, 0.1) is 18.3 Å². The van der Waals surface area contributed by atoms with E-state index < -0.39 is 18.5 Å². The first-order valence-electron chi connectivity index (χ1n) is 8.24. The summed E-state index contributed by atoms with van der Waals surface area (Å²) in [4.78, 5) is 25.9. The number of amides is 1. The van der Waals surface area contributed by atoms with E-state index >= 15 is 0 Å². The van der Waals surface area contributed by atoms with Gasteiger partial charge in [0.25, 0.3) is 5.91 Å². The number of esters is 1. The number of ether oxygens (including phenoxy) is 1. The van der Waals surface area contributed by atoms with Crippen LogP contribution in [-0.4, -0.2) is 25.0 Å². The molecular formula is C20H18Cl2N2O3. The summed E-state index contributed by atoms with van der Waals surface area (Å²) < 4.78 is 5.09. The minimum absolute atomic E-state index is 0.0209. The van der Waals surface area contributed by atoms with Gasteiger partial charge >= 0.3 is 5.97 Å². The SMILES string of the molecule is Cc1ccc(N(CCC#N)C(=O)COC(=O)Cc2ccc(Cl)c(Cl)c2)cc1. The first-order chi connectivity index (χ1) is 12.9. The predicted octanol–water partition coefficient (Wildman–Crippen LogP) is 4.33. The summed E-state index contributed by atoms with van der Waals surface area (Å²) in [5, 5.41) is 9.56. The van der Waals surface area contributed by atoms with E-state index in [0.29, 0.717) is 21.3 Å². The number of carbonyl (C=O) groups is 2. The molecule has 0 fully saturated rings. The second kappa shape index (κ2) is 9.96. The molecular weight excluding hydrogens is 387 g/mol. The topological polar surface area (TPSA) is 70.4 Å². The highest BCUT2D eigenvalue weighted by Crippen LogP contribution is 2.23. The summed E-state index contributed by atoms with van der Waals surface area (Å²) in [5.74, 6) is -0.942. The van der Waals surface area contributed by atoms with E-state index in [-0.39, 0.29) is 19.4 Å². The van der Waals surface area contributed by atoms with Crippen molar-refractivity contribution in [1.29, 1.82) is 5.26 Å². The van der Waals surface area contributed by atoms with Gasteiger partial charge in [-0.15, -0.1) is 0 Å². The van der Waals surface area contributed by atoms with E-state index in [0.717, 1.165) is 5.56 Å². The number of benzene rings is 2. The van der Waals surface area contributed by atoms with Gasteiger partial charge in [0.05, 0.1) is 29.0 Å². The molecule has 7 heteroatoms. The van der Waals surface area contributed by atoms with Crippen molar-refractivity contribution in [2.45, 2.75) is 19.8 Å². The molecule has 0 aliphatic rings. The number of nitriles is 1. The maximum atomic E-state index is 12.5. The Labute approximate surface area is 168 Å². The Morgan fingerprint density at radius 2 is 1.81 bits per heavy atom. The highest BCUT2D eigenvalue weighted by atomic mass is 35.5. The number of rotatable bonds is 7. The van der Waals surface area contributed by atoms with Crippen molar-refractivity contribution in [2.24, 2.45) is 0 Å². The Hall–Kier alpha value is -2.55. The fourth-order valence-electron chi connectivity index (χ4n) is 2.37. The Kier molecular flexibility index (Phi) is 7.66. The molecule has 0 saturated carbocycles. The number of halogens is 2. The molecule has 2 aromatic rings. The molecule has 140 valence electrons. The van der Waals surface area contributed by atoms with Crippen molar-refractivity contribution >= 4 is 40.8 Å². The van der Waals surface area contributed by atoms with Crippen LogP contribution in [0.15, 0.2) is 42.5 Å². The summed E-state index contributed by atoms with van der Waals surface area (Å²) in [7, 11) is 0. The maximum absolute atomic E-state index is 12.5. The number of nitrogens with zero attached hydrogens (tertiary/aromatic N) is 2. The summed E-state index contributed by atoms with van der Waals surface area (Å²) in [6.45, 7) is 1.76. The second-order valence-electron chi connectivity index (χ2n) is 5.87. The van der Waals surface area contributed by atoms with Crippen LogP contribution in [0.25, 0.3) is 0 Å². The fraction of sp³-hybridized carbons (Fsp3) is 0.250. The van der Waals surface area contributed by atoms with Crippen molar-refractivity contribution in [3.05, 3.63) is 63.6 Å². The van der Waals surface area contributed by atoms with Gasteiger partial charge in [0, 0.05) is 12.2 Å². The third-order valence-electron chi connectivity index (χ3n) is 3.78. The van der Waals surface area contributed by atoms with Gasteiger partial charge in [0.1, 0.15) is 0 Å². The smallest absolute Gasteiger partial charge is 0.310 e. The normalized spacial score (nSPS) is 10.1. The molecule has 0 saturated heterocycles. The average Bonchev–Trinajstić information content (AvgIpc) is 2.64. The van der Waals surface area contributed by atoms with Crippen molar-refractivity contribution in [3.63, 3.8) is 0 Å². The second-order valence-corrected chi connectivity index (χ2v) is 6.69. The van der Waals surface area contributed by atoms with E-state index in [1.165, 1.54) is 4.90 Å². The molecule has 1 amide bonds. The van der Waals surface area contributed by atoms with Crippen LogP contribution in [0.3, 0.4) is 0 Å². The minimum Gasteiger partial charge on any atom is -0.455 e. The quantitative estimate of drug-likeness (QED) is 0.643. The number of hydrogen-bond donors (Lipinski definition) is 0. The molecule has 0 radical (unpaired) electrons. The van der Waals surface area contributed by atoms with Crippen LogP contribution in [0.5, 0.6) is 0 Å². The molecule has 0 aliphatic heterocycles. The zero-order valence-electron chi connectivity index (χ0n) is 14.7. The highest BCUT2D eigenvalue weighted by Gasteiger charge is 2.18. The molecule has 0 aliphatic carbocycles. The zero-order valence-corrected chi connectivity index (χ0v) is 16.3. The number of carbonyl (C=O) groups excluding carboxylic acids is 2. The Morgan fingerprint density at radius 1 is 1.11 bits per heavy atom. The third-order valence-corrected chi connectivity index (χ3v) is 4.52. The van der Waals surface area contributed by atoms with Crippen LogP contribution in [0.4, 0.5) is 5.69 Å². The van der Waals surface area contributed by atoms with Crippen LogP contribution >= 0.6 is 23.2 Å². The van der Waals surface area contributed by atoms with Crippen LogP contribution in [0.1, 0.15) is 17.5 Å².